The molecule has 0 saturated carbocycles. The maximum atomic E-state index is 9.43. The third-order valence-corrected chi connectivity index (χ3v) is 2.84. The lowest BCUT2D eigenvalue weighted by Gasteiger charge is -1.99. The van der Waals surface area contributed by atoms with E-state index in [1.54, 1.807) is 18.2 Å². The molecular weight excluding hydrogens is 250 g/mol. The van der Waals surface area contributed by atoms with Crippen molar-refractivity contribution in [3.63, 3.8) is 0 Å². The van der Waals surface area contributed by atoms with Crippen LogP contribution in [0.4, 0.5) is 0 Å². The Bertz CT molecular complexity index is 706. The van der Waals surface area contributed by atoms with Crippen LogP contribution >= 0.6 is 0 Å². The topological polar surface area (TPSA) is 53.4 Å². The molecule has 3 heteroatoms. The maximum absolute atomic E-state index is 9.43. The summed E-state index contributed by atoms with van der Waals surface area (Å²) >= 11 is 0. The van der Waals surface area contributed by atoms with Gasteiger partial charge in [-0.05, 0) is 43.7 Å². The summed E-state index contributed by atoms with van der Waals surface area (Å²) in [6.45, 7) is 3.85. The van der Waals surface area contributed by atoms with E-state index >= 15 is 0 Å². The average molecular weight is 267 g/mol. The molecule has 2 N–H and O–H groups in total. The molecule has 1 aromatic heterocycles. The molecule has 0 spiro atoms. The van der Waals surface area contributed by atoms with Gasteiger partial charge in [0.25, 0.3) is 0 Å². The fraction of sp³-hybridized carbons (Fsp3) is 0.118. The molecule has 0 aliphatic carbocycles. The lowest BCUT2D eigenvalue weighted by molar-refractivity contribution is 0.475. The number of aryl methyl sites for hydroxylation is 2. The molecule has 0 saturated heterocycles. The molecule has 3 aromatic rings. The zero-order valence-electron chi connectivity index (χ0n) is 11.5. The number of para-hydroxylation sites is 1. The standard InChI is InChI=1S/C10H9NO.C7H8O/c1-7-5-6-8-3-2-4-9(12)10(8)11-7;1-6-3-2-4-7(8)5-6/h2-6,12H,1H3;2-5,8H,1H3. The van der Waals surface area contributed by atoms with Crippen LogP contribution in [0.3, 0.4) is 0 Å². The number of pyridine rings is 1. The van der Waals surface area contributed by atoms with Crippen LogP contribution in [0.25, 0.3) is 10.9 Å². The van der Waals surface area contributed by atoms with E-state index in [1.165, 1.54) is 0 Å². The van der Waals surface area contributed by atoms with Gasteiger partial charge in [-0.1, -0.05) is 30.3 Å². The largest absolute Gasteiger partial charge is 0.508 e. The molecule has 0 aliphatic heterocycles. The van der Waals surface area contributed by atoms with Gasteiger partial charge >= 0.3 is 0 Å². The Kier molecular flexibility index (Phi) is 4.20. The Labute approximate surface area is 118 Å². The summed E-state index contributed by atoms with van der Waals surface area (Å²) in [5, 5.41) is 19.2. The van der Waals surface area contributed by atoms with E-state index in [9.17, 15) is 5.11 Å². The smallest absolute Gasteiger partial charge is 0.141 e. The second-order valence-corrected chi connectivity index (χ2v) is 4.64. The van der Waals surface area contributed by atoms with Gasteiger partial charge in [0.05, 0.1) is 0 Å². The van der Waals surface area contributed by atoms with Gasteiger partial charge < -0.3 is 10.2 Å². The van der Waals surface area contributed by atoms with Gasteiger partial charge in [-0.3, -0.25) is 0 Å². The number of aromatic hydroxyl groups is 2. The van der Waals surface area contributed by atoms with Crippen molar-refractivity contribution in [3.05, 3.63) is 65.9 Å². The van der Waals surface area contributed by atoms with Gasteiger partial charge in [0.2, 0.25) is 0 Å². The molecule has 0 aliphatic rings. The van der Waals surface area contributed by atoms with Crippen LogP contribution in [0.1, 0.15) is 11.3 Å². The van der Waals surface area contributed by atoms with E-state index in [4.69, 9.17) is 5.11 Å². The highest BCUT2D eigenvalue weighted by Crippen LogP contribution is 2.21. The van der Waals surface area contributed by atoms with E-state index < -0.39 is 0 Å². The first-order chi connectivity index (χ1) is 9.56. The van der Waals surface area contributed by atoms with Crippen LogP contribution in [0.2, 0.25) is 0 Å². The van der Waals surface area contributed by atoms with E-state index in [1.807, 2.05) is 50.2 Å². The van der Waals surface area contributed by atoms with Gasteiger partial charge in [0.15, 0.2) is 0 Å². The number of rotatable bonds is 0. The summed E-state index contributed by atoms with van der Waals surface area (Å²) in [7, 11) is 0. The van der Waals surface area contributed by atoms with Crippen molar-refractivity contribution >= 4 is 10.9 Å². The van der Waals surface area contributed by atoms with Gasteiger partial charge in [0.1, 0.15) is 17.0 Å². The Balaban J connectivity index is 0.000000160. The second kappa shape index (κ2) is 6.06. The minimum absolute atomic E-state index is 0.246. The SMILES string of the molecule is Cc1ccc2cccc(O)c2n1.Cc1cccc(O)c1. The summed E-state index contributed by atoms with van der Waals surface area (Å²) in [6.07, 6.45) is 0. The Hall–Kier alpha value is -2.55. The molecule has 102 valence electrons. The van der Waals surface area contributed by atoms with Crippen molar-refractivity contribution in [3.8, 4) is 11.5 Å². The molecule has 0 bridgehead atoms. The molecular formula is C17H17NO2. The quantitative estimate of drug-likeness (QED) is 0.648. The normalized spacial score (nSPS) is 9.90. The highest BCUT2D eigenvalue weighted by atomic mass is 16.3. The van der Waals surface area contributed by atoms with Crippen molar-refractivity contribution in [2.75, 3.05) is 0 Å². The third kappa shape index (κ3) is 3.48. The summed E-state index contributed by atoms with van der Waals surface area (Å²) in [5.74, 6) is 0.584. The first-order valence-electron chi connectivity index (χ1n) is 6.37. The number of benzene rings is 2. The van der Waals surface area contributed by atoms with E-state index in [0.29, 0.717) is 11.3 Å². The molecule has 0 amide bonds. The predicted molar refractivity (Wildman–Crippen MR) is 81.0 cm³/mol. The molecule has 0 radical (unpaired) electrons. The summed E-state index contributed by atoms with van der Waals surface area (Å²) < 4.78 is 0. The van der Waals surface area contributed by atoms with Crippen LogP contribution in [-0.4, -0.2) is 15.2 Å². The number of hydrogen-bond acceptors (Lipinski definition) is 3. The lowest BCUT2D eigenvalue weighted by atomic mass is 10.2. The van der Waals surface area contributed by atoms with Crippen LogP contribution in [0.15, 0.2) is 54.6 Å². The first-order valence-corrected chi connectivity index (χ1v) is 6.37. The van der Waals surface area contributed by atoms with Crippen LogP contribution in [0, 0.1) is 13.8 Å². The molecule has 0 fully saturated rings. The molecule has 3 rings (SSSR count). The highest BCUT2D eigenvalue weighted by Gasteiger charge is 1.98. The first kappa shape index (κ1) is 13.9. The summed E-state index contributed by atoms with van der Waals surface area (Å²) in [6, 6.07) is 16.4. The fourth-order valence-electron chi connectivity index (χ4n) is 1.86. The zero-order valence-corrected chi connectivity index (χ0v) is 11.5. The molecule has 0 atom stereocenters. The number of aromatic nitrogens is 1. The minimum atomic E-state index is 0.246. The van der Waals surface area contributed by atoms with Gasteiger partial charge in [-0.2, -0.15) is 0 Å². The van der Waals surface area contributed by atoms with Gasteiger partial charge in [-0.15, -0.1) is 0 Å². The molecule has 3 nitrogen and oxygen atoms in total. The number of phenols is 2. The van der Waals surface area contributed by atoms with Crippen molar-refractivity contribution in [1.29, 1.82) is 0 Å². The number of fused-ring (bicyclic) bond motifs is 1. The molecule has 2 aromatic carbocycles. The monoisotopic (exact) mass is 267 g/mol. The van der Waals surface area contributed by atoms with E-state index in [-0.39, 0.29) is 5.75 Å². The molecule has 1 heterocycles. The van der Waals surface area contributed by atoms with Gasteiger partial charge in [0, 0.05) is 11.1 Å². The van der Waals surface area contributed by atoms with Gasteiger partial charge in [-0.25, -0.2) is 4.98 Å². The van der Waals surface area contributed by atoms with Crippen molar-refractivity contribution in [2.45, 2.75) is 13.8 Å². The van der Waals surface area contributed by atoms with Crippen LogP contribution in [0.5, 0.6) is 11.5 Å². The number of hydrogen-bond donors (Lipinski definition) is 2. The van der Waals surface area contributed by atoms with Crippen LogP contribution < -0.4 is 0 Å². The summed E-state index contributed by atoms with van der Waals surface area (Å²) in [5.41, 5.74) is 2.69. The van der Waals surface area contributed by atoms with E-state index in [2.05, 4.69) is 4.98 Å². The average Bonchev–Trinajstić information content (AvgIpc) is 2.40. The Morgan fingerprint density at radius 3 is 2.25 bits per heavy atom. The molecule has 20 heavy (non-hydrogen) atoms. The number of phenolic OH excluding ortho intramolecular Hbond substituents is 2. The predicted octanol–water partition coefficient (Wildman–Crippen LogP) is 3.95. The minimum Gasteiger partial charge on any atom is -0.508 e. The van der Waals surface area contributed by atoms with Crippen molar-refractivity contribution in [2.24, 2.45) is 0 Å². The molecule has 0 unspecified atom stereocenters. The maximum Gasteiger partial charge on any atom is 0.141 e. The summed E-state index contributed by atoms with van der Waals surface area (Å²) in [4.78, 5) is 4.23. The Morgan fingerprint density at radius 1 is 0.850 bits per heavy atom. The van der Waals surface area contributed by atoms with Crippen molar-refractivity contribution in [1.82, 2.24) is 4.98 Å². The highest BCUT2D eigenvalue weighted by molar-refractivity contribution is 5.84. The second-order valence-electron chi connectivity index (χ2n) is 4.64. The Morgan fingerprint density at radius 2 is 1.60 bits per heavy atom. The van der Waals surface area contributed by atoms with E-state index in [0.717, 1.165) is 16.6 Å². The number of nitrogens with zero attached hydrogens (tertiary/aromatic N) is 1. The van der Waals surface area contributed by atoms with Crippen molar-refractivity contribution < 1.29 is 10.2 Å². The zero-order chi connectivity index (χ0) is 14.5. The lowest BCUT2D eigenvalue weighted by Crippen LogP contribution is -1.82. The fourth-order valence-corrected chi connectivity index (χ4v) is 1.86. The third-order valence-electron chi connectivity index (χ3n) is 2.84. The van der Waals surface area contributed by atoms with Crippen LogP contribution in [-0.2, 0) is 0 Å².